The SMILES string of the molecule is CCOc1cc(CNC2CCC3NC(=O)NC3C2)cc(Cl)c1OCc1ccc(F)cc1. The van der Waals surface area contributed by atoms with Crippen LogP contribution in [0.1, 0.15) is 37.3 Å². The highest BCUT2D eigenvalue weighted by atomic mass is 35.5. The monoisotopic (exact) mass is 447 g/mol. The van der Waals surface area contributed by atoms with Gasteiger partial charge in [-0.3, -0.25) is 0 Å². The van der Waals surface area contributed by atoms with Crippen LogP contribution in [0.15, 0.2) is 36.4 Å². The van der Waals surface area contributed by atoms with Crippen molar-refractivity contribution in [3.05, 3.63) is 58.4 Å². The number of hydrogen-bond donors (Lipinski definition) is 3. The van der Waals surface area contributed by atoms with E-state index in [9.17, 15) is 9.18 Å². The number of hydrogen-bond acceptors (Lipinski definition) is 4. The Hall–Kier alpha value is -2.51. The summed E-state index contributed by atoms with van der Waals surface area (Å²) >= 11 is 6.52. The molecule has 2 amide bonds. The van der Waals surface area contributed by atoms with Crippen molar-refractivity contribution in [2.24, 2.45) is 0 Å². The van der Waals surface area contributed by atoms with Gasteiger partial charge in [-0.05, 0) is 61.6 Å². The second kappa shape index (κ2) is 9.75. The van der Waals surface area contributed by atoms with Crippen LogP contribution in [0, 0.1) is 5.82 Å². The summed E-state index contributed by atoms with van der Waals surface area (Å²) in [5.74, 6) is 0.787. The van der Waals surface area contributed by atoms with Crippen molar-refractivity contribution in [1.82, 2.24) is 16.0 Å². The van der Waals surface area contributed by atoms with Crippen LogP contribution in [0.3, 0.4) is 0 Å². The van der Waals surface area contributed by atoms with E-state index in [0.29, 0.717) is 35.7 Å². The van der Waals surface area contributed by atoms with Crippen molar-refractivity contribution >= 4 is 17.6 Å². The summed E-state index contributed by atoms with van der Waals surface area (Å²) in [4.78, 5) is 11.5. The molecule has 1 aliphatic heterocycles. The maximum absolute atomic E-state index is 13.1. The third-order valence-electron chi connectivity index (χ3n) is 5.74. The van der Waals surface area contributed by atoms with Crippen LogP contribution >= 0.6 is 11.6 Å². The minimum Gasteiger partial charge on any atom is -0.490 e. The number of benzene rings is 2. The summed E-state index contributed by atoms with van der Waals surface area (Å²) < 4.78 is 24.8. The number of rotatable bonds is 8. The molecule has 0 bridgehead atoms. The second-order valence-electron chi connectivity index (χ2n) is 7.97. The standard InChI is InChI=1S/C23H27ClFN3O3/c1-2-30-21-10-15(12-26-17-7-8-19-20(11-17)28-23(29)27-19)9-18(24)22(21)31-13-14-3-5-16(25)6-4-14/h3-6,9-10,17,19-20,26H,2,7-8,11-13H2,1H3,(H2,27,28,29). The summed E-state index contributed by atoms with van der Waals surface area (Å²) in [6, 6.07) is 10.7. The van der Waals surface area contributed by atoms with Crippen LogP contribution in [0.25, 0.3) is 0 Å². The highest BCUT2D eigenvalue weighted by molar-refractivity contribution is 6.32. The normalized spacial score (nSPS) is 22.4. The fraction of sp³-hybridized carbons (Fsp3) is 0.435. The zero-order valence-electron chi connectivity index (χ0n) is 17.4. The van der Waals surface area contributed by atoms with E-state index in [4.69, 9.17) is 21.1 Å². The molecule has 2 aromatic carbocycles. The van der Waals surface area contributed by atoms with Gasteiger partial charge in [-0.25, -0.2) is 9.18 Å². The number of nitrogens with one attached hydrogen (secondary N) is 3. The van der Waals surface area contributed by atoms with Crippen LogP contribution in [0.5, 0.6) is 11.5 Å². The third kappa shape index (κ3) is 5.40. The van der Waals surface area contributed by atoms with E-state index in [1.165, 1.54) is 12.1 Å². The average Bonchev–Trinajstić information content (AvgIpc) is 3.12. The van der Waals surface area contributed by atoms with Crippen molar-refractivity contribution < 1.29 is 18.7 Å². The molecule has 166 valence electrons. The van der Waals surface area contributed by atoms with Crippen molar-refractivity contribution in [2.45, 2.75) is 57.5 Å². The van der Waals surface area contributed by atoms with Gasteiger partial charge in [-0.1, -0.05) is 23.7 Å². The predicted octanol–water partition coefficient (Wildman–Crippen LogP) is 4.15. The number of halogens is 2. The summed E-state index contributed by atoms with van der Waals surface area (Å²) in [7, 11) is 0. The van der Waals surface area contributed by atoms with Crippen LogP contribution in [-0.2, 0) is 13.2 Å². The van der Waals surface area contributed by atoms with E-state index < -0.39 is 0 Å². The molecule has 0 radical (unpaired) electrons. The van der Waals surface area contributed by atoms with Crippen LogP contribution < -0.4 is 25.4 Å². The highest BCUT2D eigenvalue weighted by Crippen LogP contribution is 2.37. The third-order valence-corrected chi connectivity index (χ3v) is 6.02. The number of carbonyl (C=O) groups is 1. The van der Waals surface area contributed by atoms with Gasteiger partial charge in [-0.2, -0.15) is 0 Å². The van der Waals surface area contributed by atoms with Gasteiger partial charge in [0, 0.05) is 12.6 Å². The van der Waals surface area contributed by atoms with Gasteiger partial charge in [0.25, 0.3) is 0 Å². The number of ether oxygens (including phenoxy) is 2. The first kappa shape index (κ1) is 21.7. The Morgan fingerprint density at radius 1 is 1.10 bits per heavy atom. The molecule has 0 spiro atoms. The van der Waals surface area contributed by atoms with Gasteiger partial charge < -0.3 is 25.4 Å². The number of amides is 2. The predicted molar refractivity (Wildman–Crippen MR) is 117 cm³/mol. The molecule has 0 aromatic heterocycles. The largest absolute Gasteiger partial charge is 0.490 e. The molecule has 2 aromatic rings. The summed E-state index contributed by atoms with van der Waals surface area (Å²) in [5, 5.41) is 10.0. The van der Waals surface area contributed by atoms with Crippen LogP contribution in [0.2, 0.25) is 5.02 Å². The first-order valence-electron chi connectivity index (χ1n) is 10.6. The summed E-state index contributed by atoms with van der Waals surface area (Å²) in [5.41, 5.74) is 1.84. The van der Waals surface area contributed by atoms with Gasteiger partial charge in [-0.15, -0.1) is 0 Å². The Morgan fingerprint density at radius 3 is 2.65 bits per heavy atom. The highest BCUT2D eigenvalue weighted by Gasteiger charge is 2.36. The van der Waals surface area contributed by atoms with E-state index >= 15 is 0 Å². The van der Waals surface area contributed by atoms with E-state index in [1.807, 2.05) is 19.1 Å². The minimum atomic E-state index is -0.284. The van der Waals surface area contributed by atoms with Gasteiger partial charge in [0.1, 0.15) is 12.4 Å². The summed E-state index contributed by atoms with van der Waals surface area (Å²) in [6.07, 6.45) is 2.87. The molecular weight excluding hydrogens is 421 g/mol. The quantitative estimate of drug-likeness (QED) is 0.568. The fourth-order valence-corrected chi connectivity index (χ4v) is 4.48. The first-order valence-corrected chi connectivity index (χ1v) is 11.0. The van der Waals surface area contributed by atoms with Crippen molar-refractivity contribution in [3.63, 3.8) is 0 Å². The molecule has 2 aliphatic rings. The summed E-state index contributed by atoms with van der Waals surface area (Å²) in [6.45, 7) is 3.30. The lowest BCUT2D eigenvalue weighted by Gasteiger charge is -2.31. The van der Waals surface area contributed by atoms with E-state index in [-0.39, 0.29) is 30.5 Å². The molecule has 1 saturated heterocycles. The maximum atomic E-state index is 13.1. The molecule has 2 fully saturated rings. The van der Waals surface area contributed by atoms with Crippen LogP contribution in [0.4, 0.5) is 9.18 Å². The Morgan fingerprint density at radius 2 is 1.87 bits per heavy atom. The zero-order valence-corrected chi connectivity index (χ0v) is 18.2. The Labute approximate surface area is 186 Å². The van der Waals surface area contributed by atoms with Crippen LogP contribution in [-0.4, -0.2) is 30.8 Å². The maximum Gasteiger partial charge on any atom is 0.315 e. The van der Waals surface area contributed by atoms with Gasteiger partial charge in [0.15, 0.2) is 11.5 Å². The molecule has 6 nitrogen and oxygen atoms in total. The molecule has 1 heterocycles. The van der Waals surface area contributed by atoms with Crippen molar-refractivity contribution in [2.75, 3.05) is 6.61 Å². The second-order valence-corrected chi connectivity index (χ2v) is 8.38. The lowest BCUT2D eigenvalue weighted by atomic mass is 9.88. The first-order chi connectivity index (χ1) is 15.0. The molecule has 3 unspecified atom stereocenters. The van der Waals surface area contributed by atoms with E-state index in [2.05, 4.69) is 16.0 Å². The van der Waals surface area contributed by atoms with Crippen molar-refractivity contribution in [1.29, 1.82) is 0 Å². The lowest BCUT2D eigenvalue weighted by Crippen LogP contribution is -2.46. The van der Waals surface area contributed by atoms with E-state index in [0.717, 1.165) is 30.4 Å². The van der Waals surface area contributed by atoms with Gasteiger partial charge in [0.05, 0.1) is 23.7 Å². The molecule has 3 N–H and O–H groups in total. The Kier molecular flexibility index (Phi) is 6.83. The molecule has 1 saturated carbocycles. The fourth-order valence-electron chi connectivity index (χ4n) is 4.19. The molecule has 3 atom stereocenters. The molecule has 4 rings (SSSR count). The number of fused-ring (bicyclic) bond motifs is 1. The van der Waals surface area contributed by atoms with Crippen molar-refractivity contribution in [3.8, 4) is 11.5 Å². The zero-order chi connectivity index (χ0) is 21.8. The topological polar surface area (TPSA) is 71.6 Å². The smallest absolute Gasteiger partial charge is 0.315 e. The minimum absolute atomic E-state index is 0.0694. The molecular formula is C23H27ClFN3O3. The number of urea groups is 1. The average molecular weight is 448 g/mol. The van der Waals surface area contributed by atoms with E-state index in [1.54, 1.807) is 12.1 Å². The molecule has 8 heteroatoms. The number of carbonyl (C=O) groups excluding carboxylic acids is 1. The van der Waals surface area contributed by atoms with Gasteiger partial charge in [0.2, 0.25) is 0 Å². The Bertz CT molecular complexity index is 925. The van der Waals surface area contributed by atoms with Gasteiger partial charge >= 0.3 is 6.03 Å². The molecule has 31 heavy (non-hydrogen) atoms. The Balaban J connectivity index is 1.39. The molecule has 1 aliphatic carbocycles. The lowest BCUT2D eigenvalue weighted by molar-refractivity contribution is 0.247.